The van der Waals surface area contributed by atoms with Crippen molar-refractivity contribution in [3.63, 3.8) is 0 Å². The maximum atomic E-state index is 6.32. The molecule has 0 aliphatic carbocycles. The molecule has 0 aliphatic heterocycles. The molecule has 0 aliphatic rings. The van der Waals surface area contributed by atoms with E-state index in [4.69, 9.17) is 11.6 Å². The zero-order valence-corrected chi connectivity index (χ0v) is 13.0. The van der Waals surface area contributed by atoms with E-state index in [1.165, 1.54) is 6.42 Å². The van der Waals surface area contributed by atoms with Crippen molar-refractivity contribution in [2.75, 3.05) is 13.1 Å². The van der Waals surface area contributed by atoms with Gasteiger partial charge >= 0.3 is 0 Å². The number of aromatic nitrogens is 2. The number of rotatable bonds is 7. The highest BCUT2D eigenvalue weighted by atomic mass is 35.5. The van der Waals surface area contributed by atoms with Gasteiger partial charge in [0.1, 0.15) is 0 Å². The molecule has 0 radical (unpaired) electrons. The van der Waals surface area contributed by atoms with Gasteiger partial charge < -0.3 is 5.32 Å². The SMILES string of the molecule is CCCNCC(Cc1c(Cl)c(C)nn1C)C(C)C. The van der Waals surface area contributed by atoms with Crippen LogP contribution >= 0.6 is 11.6 Å². The van der Waals surface area contributed by atoms with E-state index in [-0.39, 0.29) is 0 Å². The van der Waals surface area contributed by atoms with Crippen LogP contribution in [0.3, 0.4) is 0 Å². The fourth-order valence-electron chi connectivity index (χ4n) is 2.16. The van der Waals surface area contributed by atoms with E-state index in [0.717, 1.165) is 35.9 Å². The summed E-state index contributed by atoms with van der Waals surface area (Å²) < 4.78 is 1.92. The van der Waals surface area contributed by atoms with Crippen molar-refractivity contribution in [2.45, 2.75) is 40.5 Å². The van der Waals surface area contributed by atoms with E-state index in [0.29, 0.717) is 11.8 Å². The summed E-state index contributed by atoms with van der Waals surface area (Å²) in [5.74, 6) is 1.24. The van der Waals surface area contributed by atoms with E-state index in [1.54, 1.807) is 0 Å². The molecule has 1 aromatic rings. The molecule has 0 spiro atoms. The van der Waals surface area contributed by atoms with Crippen molar-refractivity contribution in [3.8, 4) is 0 Å². The van der Waals surface area contributed by atoms with Gasteiger partial charge in [0.2, 0.25) is 0 Å². The Kier molecular flexibility index (Phi) is 6.16. The summed E-state index contributed by atoms with van der Waals surface area (Å²) >= 11 is 6.32. The highest BCUT2D eigenvalue weighted by Crippen LogP contribution is 2.24. The van der Waals surface area contributed by atoms with E-state index in [1.807, 2.05) is 18.7 Å². The van der Waals surface area contributed by atoms with Gasteiger partial charge in [-0.25, -0.2) is 0 Å². The lowest BCUT2D eigenvalue weighted by molar-refractivity contribution is 0.354. The number of hydrogen-bond acceptors (Lipinski definition) is 2. The predicted octanol–water partition coefficient (Wildman–Crippen LogP) is 3.20. The number of aryl methyl sites for hydroxylation is 2. The molecule has 0 saturated carbocycles. The Bertz CT molecular complexity index is 371. The summed E-state index contributed by atoms with van der Waals surface area (Å²) in [7, 11) is 1.98. The van der Waals surface area contributed by atoms with Crippen LogP contribution in [0.4, 0.5) is 0 Å². The van der Waals surface area contributed by atoms with Gasteiger partial charge in [-0.3, -0.25) is 4.68 Å². The molecule has 1 heterocycles. The van der Waals surface area contributed by atoms with Crippen LogP contribution in [-0.2, 0) is 13.5 Å². The number of hydrogen-bond donors (Lipinski definition) is 1. The van der Waals surface area contributed by atoms with Gasteiger partial charge in [-0.15, -0.1) is 0 Å². The van der Waals surface area contributed by atoms with Crippen LogP contribution in [0.1, 0.15) is 38.6 Å². The molecule has 104 valence electrons. The number of halogens is 1. The van der Waals surface area contributed by atoms with E-state index >= 15 is 0 Å². The van der Waals surface area contributed by atoms with E-state index in [9.17, 15) is 0 Å². The molecule has 18 heavy (non-hydrogen) atoms. The monoisotopic (exact) mass is 271 g/mol. The van der Waals surface area contributed by atoms with E-state index in [2.05, 4.69) is 31.2 Å². The molecule has 1 unspecified atom stereocenters. The Morgan fingerprint density at radius 1 is 1.39 bits per heavy atom. The van der Waals surface area contributed by atoms with Crippen molar-refractivity contribution in [2.24, 2.45) is 18.9 Å². The molecular formula is C14H26ClN3. The van der Waals surface area contributed by atoms with Crippen LogP contribution in [0.25, 0.3) is 0 Å². The van der Waals surface area contributed by atoms with Crippen molar-refractivity contribution in [3.05, 3.63) is 16.4 Å². The van der Waals surface area contributed by atoms with Crippen LogP contribution in [-0.4, -0.2) is 22.9 Å². The van der Waals surface area contributed by atoms with Crippen molar-refractivity contribution in [1.29, 1.82) is 0 Å². The fraction of sp³-hybridized carbons (Fsp3) is 0.786. The first-order chi connectivity index (χ1) is 8.47. The van der Waals surface area contributed by atoms with Gasteiger partial charge in [0, 0.05) is 7.05 Å². The highest BCUT2D eigenvalue weighted by Gasteiger charge is 2.19. The maximum Gasteiger partial charge on any atom is 0.0847 e. The minimum absolute atomic E-state index is 0.601. The van der Waals surface area contributed by atoms with Crippen LogP contribution in [0.15, 0.2) is 0 Å². The second-order valence-electron chi connectivity index (χ2n) is 5.38. The summed E-state index contributed by atoms with van der Waals surface area (Å²) in [5, 5.41) is 8.73. The number of nitrogens with zero attached hydrogens (tertiary/aromatic N) is 2. The zero-order chi connectivity index (χ0) is 13.7. The zero-order valence-electron chi connectivity index (χ0n) is 12.3. The van der Waals surface area contributed by atoms with Crippen molar-refractivity contribution >= 4 is 11.6 Å². The number of nitrogens with one attached hydrogen (secondary N) is 1. The van der Waals surface area contributed by atoms with Crippen LogP contribution in [0.5, 0.6) is 0 Å². The Labute approximate surface area is 116 Å². The van der Waals surface area contributed by atoms with Gasteiger partial charge in [-0.05, 0) is 44.7 Å². The molecule has 1 atom stereocenters. The second-order valence-corrected chi connectivity index (χ2v) is 5.76. The lowest BCUT2D eigenvalue weighted by Gasteiger charge is -2.21. The Balaban J connectivity index is 2.70. The van der Waals surface area contributed by atoms with Crippen LogP contribution in [0, 0.1) is 18.8 Å². The largest absolute Gasteiger partial charge is 0.316 e. The third-order valence-electron chi connectivity index (χ3n) is 3.49. The Morgan fingerprint density at radius 2 is 2.06 bits per heavy atom. The van der Waals surface area contributed by atoms with Gasteiger partial charge in [-0.1, -0.05) is 32.4 Å². The standard InChI is InChI=1S/C14H26ClN3/c1-6-7-16-9-12(10(2)3)8-13-14(15)11(4)17-18(13)5/h10,12,16H,6-9H2,1-5H3. The first-order valence-electron chi connectivity index (χ1n) is 6.86. The van der Waals surface area contributed by atoms with Crippen LogP contribution < -0.4 is 5.32 Å². The summed E-state index contributed by atoms with van der Waals surface area (Å²) in [5.41, 5.74) is 2.09. The molecule has 0 amide bonds. The predicted molar refractivity (Wildman–Crippen MR) is 78.1 cm³/mol. The summed E-state index contributed by atoms with van der Waals surface area (Å²) in [6.45, 7) is 10.8. The molecule has 3 nitrogen and oxygen atoms in total. The highest BCUT2D eigenvalue weighted by molar-refractivity contribution is 6.31. The normalized spacial score (nSPS) is 13.3. The topological polar surface area (TPSA) is 29.9 Å². The molecule has 0 bridgehead atoms. The van der Waals surface area contributed by atoms with Gasteiger partial charge in [0.15, 0.2) is 0 Å². The summed E-state index contributed by atoms with van der Waals surface area (Å²) in [4.78, 5) is 0. The average molecular weight is 272 g/mol. The smallest absolute Gasteiger partial charge is 0.0847 e. The minimum atomic E-state index is 0.601. The first kappa shape index (κ1) is 15.5. The molecule has 0 saturated heterocycles. The quantitative estimate of drug-likeness (QED) is 0.772. The molecule has 1 aromatic heterocycles. The third-order valence-corrected chi connectivity index (χ3v) is 3.98. The maximum absolute atomic E-state index is 6.32. The molecule has 1 N–H and O–H groups in total. The van der Waals surface area contributed by atoms with Crippen molar-refractivity contribution < 1.29 is 0 Å². The summed E-state index contributed by atoms with van der Waals surface area (Å²) in [6, 6.07) is 0. The first-order valence-corrected chi connectivity index (χ1v) is 7.23. The van der Waals surface area contributed by atoms with Gasteiger partial charge in [-0.2, -0.15) is 5.10 Å². The fourth-order valence-corrected chi connectivity index (χ4v) is 2.40. The van der Waals surface area contributed by atoms with Gasteiger partial charge in [0.25, 0.3) is 0 Å². The molecular weight excluding hydrogens is 246 g/mol. The molecule has 1 rings (SSSR count). The Morgan fingerprint density at radius 3 is 2.50 bits per heavy atom. The van der Waals surface area contributed by atoms with Crippen molar-refractivity contribution in [1.82, 2.24) is 15.1 Å². The molecule has 0 aromatic carbocycles. The van der Waals surface area contributed by atoms with E-state index < -0.39 is 0 Å². The molecule has 0 fully saturated rings. The lowest BCUT2D eigenvalue weighted by atomic mass is 9.91. The minimum Gasteiger partial charge on any atom is -0.316 e. The molecule has 4 heteroatoms. The summed E-state index contributed by atoms with van der Waals surface area (Å²) in [6.07, 6.45) is 2.17. The third kappa shape index (κ3) is 3.99. The average Bonchev–Trinajstić information content (AvgIpc) is 2.54. The van der Waals surface area contributed by atoms with Crippen LogP contribution in [0.2, 0.25) is 5.02 Å². The second kappa shape index (κ2) is 7.15. The van der Waals surface area contributed by atoms with Gasteiger partial charge in [0.05, 0.1) is 16.4 Å². The Hall–Kier alpha value is -0.540. The lowest BCUT2D eigenvalue weighted by Crippen LogP contribution is -2.29.